The fourth-order valence-electron chi connectivity index (χ4n) is 2.00. The molecule has 0 bridgehead atoms. The maximum Gasteiger partial charge on any atom is 0.347 e. The first-order valence-electron chi connectivity index (χ1n) is 5.57. The van der Waals surface area contributed by atoms with Crippen molar-refractivity contribution >= 4 is 17.0 Å². The lowest BCUT2D eigenvalue weighted by molar-refractivity contribution is 0.254. The number of rotatable bonds is 0. The molecule has 1 aromatic heterocycles. The van der Waals surface area contributed by atoms with Gasteiger partial charge >= 0.3 is 5.63 Å². The molecule has 3 heteroatoms. The molecule has 0 aliphatic carbocycles. The van der Waals surface area contributed by atoms with Crippen molar-refractivity contribution in [3.63, 3.8) is 0 Å². The van der Waals surface area contributed by atoms with Crippen molar-refractivity contribution in [3.8, 4) is 5.75 Å². The molecule has 0 saturated carbocycles. The molecule has 2 heterocycles. The van der Waals surface area contributed by atoms with Crippen molar-refractivity contribution in [1.82, 2.24) is 0 Å². The normalized spacial score (nSPS) is 18.5. The van der Waals surface area contributed by atoms with Crippen LogP contribution in [0, 0.1) is 0 Å². The Morgan fingerprint density at radius 1 is 1.24 bits per heavy atom. The van der Waals surface area contributed by atoms with E-state index in [0.717, 1.165) is 11.0 Å². The summed E-state index contributed by atoms with van der Waals surface area (Å²) in [5.41, 5.74) is 1.76. The molecular formula is C14H12O3. The highest BCUT2D eigenvalue weighted by molar-refractivity contribution is 5.87. The van der Waals surface area contributed by atoms with Crippen molar-refractivity contribution in [2.75, 3.05) is 0 Å². The maximum absolute atomic E-state index is 11.8. The molecule has 0 fully saturated rings. The fraction of sp³-hybridized carbons (Fsp3) is 0.214. The Bertz CT molecular complexity index is 679. The second kappa shape index (κ2) is 3.48. The summed E-state index contributed by atoms with van der Waals surface area (Å²) in [4.78, 5) is 11.8. The van der Waals surface area contributed by atoms with E-state index in [-0.39, 0.29) is 11.7 Å². The van der Waals surface area contributed by atoms with Crippen LogP contribution in [0.4, 0.5) is 0 Å². The molecular weight excluding hydrogens is 216 g/mol. The van der Waals surface area contributed by atoms with Gasteiger partial charge in [0.15, 0.2) is 0 Å². The number of para-hydroxylation sites is 1. The van der Waals surface area contributed by atoms with E-state index in [1.807, 2.05) is 38.1 Å². The molecule has 1 aliphatic rings. The van der Waals surface area contributed by atoms with Crippen LogP contribution in [0.25, 0.3) is 17.0 Å². The lowest BCUT2D eigenvalue weighted by Crippen LogP contribution is -2.21. The van der Waals surface area contributed by atoms with Gasteiger partial charge in [-0.25, -0.2) is 4.79 Å². The van der Waals surface area contributed by atoms with E-state index < -0.39 is 0 Å². The third-order valence-electron chi connectivity index (χ3n) is 3.11. The van der Waals surface area contributed by atoms with Crippen LogP contribution < -0.4 is 10.4 Å². The molecule has 3 nitrogen and oxygen atoms in total. The lowest BCUT2D eigenvalue weighted by Gasteiger charge is -2.22. The third kappa shape index (κ3) is 1.46. The number of fused-ring (bicyclic) bond motifs is 3. The van der Waals surface area contributed by atoms with E-state index in [4.69, 9.17) is 9.15 Å². The molecule has 1 atom stereocenters. The Labute approximate surface area is 98.3 Å². The molecule has 0 N–H and O–H groups in total. The third-order valence-corrected chi connectivity index (χ3v) is 3.11. The summed E-state index contributed by atoms with van der Waals surface area (Å²) in [7, 11) is 0. The number of hydrogen-bond acceptors (Lipinski definition) is 3. The van der Waals surface area contributed by atoms with E-state index in [1.165, 1.54) is 0 Å². The largest absolute Gasteiger partial charge is 0.485 e. The van der Waals surface area contributed by atoms with Crippen molar-refractivity contribution in [2.45, 2.75) is 20.0 Å². The number of benzene rings is 1. The highest BCUT2D eigenvalue weighted by Crippen LogP contribution is 2.33. The van der Waals surface area contributed by atoms with Crippen LogP contribution in [0.15, 0.2) is 39.1 Å². The van der Waals surface area contributed by atoms with Crippen molar-refractivity contribution in [1.29, 1.82) is 0 Å². The minimum Gasteiger partial charge on any atom is -0.485 e. The summed E-state index contributed by atoms with van der Waals surface area (Å²) in [6, 6.07) is 7.42. The molecule has 1 unspecified atom stereocenters. The van der Waals surface area contributed by atoms with Crippen LogP contribution in [-0.4, -0.2) is 6.10 Å². The first kappa shape index (κ1) is 10.1. The van der Waals surface area contributed by atoms with Crippen molar-refractivity contribution < 1.29 is 9.15 Å². The smallest absolute Gasteiger partial charge is 0.347 e. The van der Waals surface area contributed by atoms with E-state index in [1.54, 1.807) is 6.07 Å². The predicted molar refractivity (Wildman–Crippen MR) is 66.2 cm³/mol. The Morgan fingerprint density at radius 2 is 2.00 bits per heavy atom. The lowest BCUT2D eigenvalue weighted by atomic mass is 10.0. The van der Waals surface area contributed by atoms with Gasteiger partial charge in [0.2, 0.25) is 0 Å². The van der Waals surface area contributed by atoms with Crippen LogP contribution in [0.2, 0.25) is 0 Å². The van der Waals surface area contributed by atoms with Gasteiger partial charge in [-0.15, -0.1) is 0 Å². The van der Waals surface area contributed by atoms with Crippen LogP contribution >= 0.6 is 0 Å². The van der Waals surface area contributed by atoms with Gasteiger partial charge in [-0.2, -0.15) is 0 Å². The zero-order chi connectivity index (χ0) is 12.0. The first-order chi connectivity index (χ1) is 8.16. The molecule has 0 radical (unpaired) electrons. The second-order valence-corrected chi connectivity index (χ2v) is 4.28. The zero-order valence-corrected chi connectivity index (χ0v) is 9.69. The molecule has 86 valence electrons. The molecule has 17 heavy (non-hydrogen) atoms. The van der Waals surface area contributed by atoms with Gasteiger partial charge in [0, 0.05) is 0 Å². The molecule has 0 spiro atoms. The molecule has 0 amide bonds. The van der Waals surface area contributed by atoms with E-state index in [2.05, 4.69) is 0 Å². The van der Waals surface area contributed by atoms with E-state index in [0.29, 0.717) is 16.9 Å². The van der Waals surface area contributed by atoms with Gasteiger partial charge < -0.3 is 9.15 Å². The molecule has 2 aromatic rings. The zero-order valence-electron chi connectivity index (χ0n) is 9.69. The van der Waals surface area contributed by atoms with Crippen LogP contribution in [0.3, 0.4) is 0 Å². The highest BCUT2D eigenvalue weighted by atomic mass is 16.5. The van der Waals surface area contributed by atoms with Crippen LogP contribution in [0.5, 0.6) is 5.75 Å². The highest BCUT2D eigenvalue weighted by Gasteiger charge is 2.21. The minimum absolute atomic E-state index is 0.00675. The van der Waals surface area contributed by atoms with Gasteiger partial charge in [-0.05, 0) is 37.6 Å². The quantitative estimate of drug-likeness (QED) is 0.651. The first-order valence-corrected chi connectivity index (χ1v) is 5.57. The fourth-order valence-corrected chi connectivity index (χ4v) is 2.00. The summed E-state index contributed by atoms with van der Waals surface area (Å²) < 4.78 is 11.1. The topological polar surface area (TPSA) is 39.4 Å². The SMILES string of the molecule is CC1=Cc2c(c3ccccc3oc2=O)OC1C. The summed E-state index contributed by atoms with van der Waals surface area (Å²) in [5, 5.41) is 0.845. The van der Waals surface area contributed by atoms with Gasteiger partial charge in [-0.1, -0.05) is 12.1 Å². The van der Waals surface area contributed by atoms with Gasteiger partial charge in [0.05, 0.1) is 5.39 Å². The Balaban J connectivity index is 2.43. The molecule has 3 rings (SSSR count). The van der Waals surface area contributed by atoms with Gasteiger partial charge in [0.25, 0.3) is 0 Å². The molecule has 0 saturated heterocycles. The number of hydrogen-bond donors (Lipinski definition) is 0. The summed E-state index contributed by atoms with van der Waals surface area (Å²) in [6.07, 6.45) is 1.84. The summed E-state index contributed by atoms with van der Waals surface area (Å²) in [6.45, 7) is 3.92. The van der Waals surface area contributed by atoms with E-state index in [9.17, 15) is 4.79 Å². The summed E-state index contributed by atoms with van der Waals surface area (Å²) in [5.74, 6) is 0.634. The van der Waals surface area contributed by atoms with Crippen molar-refractivity contribution in [2.24, 2.45) is 0 Å². The summed E-state index contributed by atoms with van der Waals surface area (Å²) >= 11 is 0. The Hall–Kier alpha value is -2.03. The standard InChI is InChI=1S/C14H12O3/c1-8-7-11-13(16-9(8)2)10-5-3-4-6-12(10)17-14(11)15/h3-7,9H,1-2H3. The monoisotopic (exact) mass is 228 g/mol. The minimum atomic E-state index is -0.343. The molecule has 1 aromatic carbocycles. The Morgan fingerprint density at radius 3 is 2.82 bits per heavy atom. The predicted octanol–water partition coefficient (Wildman–Crippen LogP) is 2.98. The van der Waals surface area contributed by atoms with Crippen molar-refractivity contribution in [3.05, 3.63) is 45.8 Å². The maximum atomic E-state index is 11.8. The van der Waals surface area contributed by atoms with Crippen LogP contribution in [0.1, 0.15) is 19.4 Å². The number of ether oxygens (including phenoxy) is 1. The second-order valence-electron chi connectivity index (χ2n) is 4.28. The average molecular weight is 228 g/mol. The Kier molecular flexibility index (Phi) is 2.08. The molecule has 1 aliphatic heterocycles. The van der Waals surface area contributed by atoms with E-state index >= 15 is 0 Å². The van der Waals surface area contributed by atoms with Gasteiger partial charge in [0.1, 0.15) is 23.0 Å². The van der Waals surface area contributed by atoms with Gasteiger partial charge in [-0.3, -0.25) is 0 Å². The van der Waals surface area contributed by atoms with Crippen LogP contribution in [-0.2, 0) is 0 Å². The average Bonchev–Trinajstić information content (AvgIpc) is 2.32.